The molecule has 19 heavy (non-hydrogen) atoms. The van der Waals surface area contributed by atoms with Gasteiger partial charge in [-0.25, -0.2) is 9.97 Å². The largest absolute Gasteiger partial charge is 0.486 e. The fraction of sp³-hybridized carbons (Fsp3) is 0.333. The third-order valence-corrected chi connectivity index (χ3v) is 2.74. The van der Waals surface area contributed by atoms with Crippen molar-refractivity contribution in [3.05, 3.63) is 54.1 Å². The molecule has 100 valence electrons. The van der Waals surface area contributed by atoms with Crippen LogP contribution in [0.4, 0.5) is 0 Å². The van der Waals surface area contributed by atoms with Crippen LogP contribution in [0.3, 0.4) is 0 Å². The van der Waals surface area contributed by atoms with Gasteiger partial charge in [0, 0.05) is 13.0 Å². The molecule has 0 saturated carbocycles. The second kappa shape index (κ2) is 7.48. The number of ether oxygens (including phenoxy) is 1. The molecule has 1 aromatic heterocycles. The molecule has 0 aliphatic rings. The summed E-state index contributed by atoms with van der Waals surface area (Å²) >= 11 is 0. The number of aliphatic hydroxyl groups is 1. The molecule has 2 aromatic rings. The zero-order chi connectivity index (χ0) is 13.3. The lowest BCUT2D eigenvalue weighted by atomic mass is 10.2. The topological polar surface area (TPSA) is 55.2 Å². The number of hydrogen-bond donors (Lipinski definition) is 1. The van der Waals surface area contributed by atoms with Crippen LogP contribution in [0.15, 0.2) is 42.7 Å². The summed E-state index contributed by atoms with van der Waals surface area (Å²) in [5.41, 5.74) is 1.12. The second-order valence-corrected chi connectivity index (χ2v) is 4.29. The predicted octanol–water partition coefficient (Wildman–Crippen LogP) is 2.37. The number of nitrogens with zero attached hydrogens (tertiary/aromatic N) is 2. The van der Waals surface area contributed by atoms with Crippen LogP contribution in [0.5, 0.6) is 5.75 Å². The second-order valence-electron chi connectivity index (χ2n) is 4.29. The van der Waals surface area contributed by atoms with E-state index in [1.54, 1.807) is 12.4 Å². The van der Waals surface area contributed by atoms with Crippen molar-refractivity contribution in [1.82, 2.24) is 9.97 Å². The van der Waals surface area contributed by atoms with Crippen LogP contribution < -0.4 is 4.74 Å². The van der Waals surface area contributed by atoms with E-state index < -0.39 is 0 Å². The third-order valence-electron chi connectivity index (χ3n) is 2.74. The highest BCUT2D eigenvalue weighted by molar-refractivity contribution is 5.17. The Hall–Kier alpha value is -1.94. The molecular weight excluding hydrogens is 240 g/mol. The fourth-order valence-corrected chi connectivity index (χ4v) is 1.68. The number of aliphatic hydroxyl groups excluding tert-OH is 1. The van der Waals surface area contributed by atoms with E-state index in [0.29, 0.717) is 12.4 Å². The van der Waals surface area contributed by atoms with Crippen molar-refractivity contribution in [3.8, 4) is 5.75 Å². The number of aromatic nitrogens is 2. The molecule has 2 rings (SSSR count). The van der Waals surface area contributed by atoms with Crippen LogP contribution in [-0.2, 0) is 13.0 Å². The van der Waals surface area contributed by atoms with Gasteiger partial charge in [0.25, 0.3) is 0 Å². The van der Waals surface area contributed by atoms with Gasteiger partial charge in [0.15, 0.2) is 5.75 Å². The van der Waals surface area contributed by atoms with E-state index in [4.69, 9.17) is 9.84 Å². The lowest BCUT2D eigenvalue weighted by Gasteiger charge is -2.06. The summed E-state index contributed by atoms with van der Waals surface area (Å²) in [5, 5.41) is 8.71. The average Bonchev–Trinajstić information content (AvgIpc) is 2.48. The standard InChI is InChI=1S/C15H18N2O2/c18-9-5-4-8-15-16-10-14(11-17-15)19-12-13-6-2-1-3-7-13/h1-3,6-7,10-11,18H,4-5,8-9,12H2. The number of rotatable bonds is 7. The first-order valence-corrected chi connectivity index (χ1v) is 6.47. The van der Waals surface area contributed by atoms with E-state index >= 15 is 0 Å². The number of hydrogen-bond acceptors (Lipinski definition) is 4. The molecule has 0 unspecified atom stereocenters. The molecule has 0 spiro atoms. The molecule has 0 fully saturated rings. The number of unbranched alkanes of at least 4 members (excludes halogenated alkanes) is 1. The highest BCUT2D eigenvalue weighted by Crippen LogP contribution is 2.10. The maximum atomic E-state index is 8.71. The van der Waals surface area contributed by atoms with Crippen molar-refractivity contribution in [1.29, 1.82) is 0 Å². The molecule has 0 radical (unpaired) electrons. The molecule has 0 atom stereocenters. The van der Waals surface area contributed by atoms with E-state index in [0.717, 1.165) is 30.7 Å². The van der Waals surface area contributed by atoms with Crippen LogP contribution >= 0.6 is 0 Å². The van der Waals surface area contributed by atoms with Crippen molar-refractivity contribution < 1.29 is 9.84 Å². The summed E-state index contributed by atoms with van der Waals surface area (Å²) in [7, 11) is 0. The molecule has 0 saturated heterocycles. The van der Waals surface area contributed by atoms with Crippen LogP contribution in [0.25, 0.3) is 0 Å². The van der Waals surface area contributed by atoms with Gasteiger partial charge in [0.2, 0.25) is 0 Å². The van der Waals surface area contributed by atoms with Gasteiger partial charge in [-0.05, 0) is 18.4 Å². The van der Waals surface area contributed by atoms with Crippen molar-refractivity contribution in [2.75, 3.05) is 6.61 Å². The first kappa shape index (κ1) is 13.5. The SMILES string of the molecule is OCCCCc1ncc(OCc2ccccc2)cn1. The Morgan fingerprint density at radius 2 is 1.74 bits per heavy atom. The molecule has 0 aliphatic heterocycles. The van der Waals surface area contributed by atoms with E-state index in [9.17, 15) is 0 Å². The van der Waals surface area contributed by atoms with Crippen molar-refractivity contribution >= 4 is 0 Å². The summed E-state index contributed by atoms with van der Waals surface area (Å²) in [6, 6.07) is 9.99. The lowest BCUT2D eigenvalue weighted by Crippen LogP contribution is -1.99. The Morgan fingerprint density at radius 1 is 1.00 bits per heavy atom. The van der Waals surface area contributed by atoms with Gasteiger partial charge in [0.05, 0.1) is 12.4 Å². The molecule has 1 aromatic carbocycles. The maximum Gasteiger partial charge on any atom is 0.156 e. The van der Waals surface area contributed by atoms with E-state index in [-0.39, 0.29) is 6.61 Å². The minimum absolute atomic E-state index is 0.221. The Kier molecular flexibility index (Phi) is 5.31. The van der Waals surface area contributed by atoms with E-state index in [2.05, 4.69) is 9.97 Å². The smallest absolute Gasteiger partial charge is 0.156 e. The van der Waals surface area contributed by atoms with Crippen LogP contribution in [-0.4, -0.2) is 21.7 Å². The van der Waals surface area contributed by atoms with Gasteiger partial charge in [0.1, 0.15) is 12.4 Å². The molecule has 4 heteroatoms. The Balaban J connectivity index is 1.81. The van der Waals surface area contributed by atoms with Crippen LogP contribution in [0.1, 0.15) is 24.2 Å². The first-order chi connectivity index (χ1) is 9.38. The molecule has 0 amide bonds. The zero-order valence-corrected chi connectivity index (χ0v) is 10.8. The summed E-state index contributed by atoms with van der Waals surface area (Å²) in [5.74, 6) is 1.47. The Bertz CT molecular complexity index is 471. The van der Waals surface area contributed by atoms with Crippen molar-refractivity contribution in [2.24, 2.45) is 0 Å². The molecule has 1 N–H and O–H groups in total. The molecular formula is C15H18N2O2. The molecule has 1 heterocycles. The van der Waals surface area contributed by atoms with E-state index in [1.807, 2.05) is 30.3 Å². The minimum Gasteiger partial charge on any atom is -0.486 e. The number of aryl methyl sites for hydroxylation is 1. The lowest BCUT2D eigenvalue weighted by molar-refractivity contribution is 0.284. The predicted molar refractivity (Wildman–Crippen MR) is 72.8 cm³/mol. The quantitative estimate of drug-likeness (QED) is 0.775. The Morgan fingerprint density at radius 3 is 2.42 bits per heavy atom. The zero-order valence-electron chi connectivity index (χ0n) is 10.8. The Labute approximate surface area is 113 Å². The van der Waals surface area contributed by atoms with Gasteiger partial charge in [-0.3, -0.25) is 0 Å². The van der Waals surface area contributed by atoms with Crippen LogP contribution in [0.2, 0.25) is 0 Å². The summed E-state index contributed by atoms with van der Waals surface area (Å²) < 4.78 is 5.61. The normalized spacial score (nSPS) is 10.4. The minimum atomic E-state index is 0.221. The maximum absolute atomic E-state index is 8.71. The van der Waals surface area contributed by atoms with Gasteiger partial charge in [-0.2, -0.15) is 0 Å². The van der Waals surface area contributed by atoms with Crippen molar-refractivity contribution in [2.45, 2.75) is 25.9 Å². The highest BCUT2D eigenvalue weighted by Gasteiger charge is 1.99. The van der Waals surface area contributed by atoms with E-state index in [1.165, 1.54) is 0 Å². The monoisotopic (exact) mass is 258 g/mol. The fourth-order valence-electron chi connectivity index (χ4n) is 1.68. The highest BCUT2D eigenvalue weighted by atomic mass is 16.5. The summed E-state index contributed by atoms with van der Waals surface area (Å²) in [6.07, 6.45) is 5.88. The molecule has 0 aliphatic carbocycles. The third kappa shape index (κ3) is 4.67. The van der Waals surface area contributed by atoms with Gasteiger partial charge in [-0.15, -0.1) is 0 Å². The average molecular weight is 258 g/mol. The number of benzene rings is 1. The van der Waals surface area contributed by atoms with Gasteiger partial charge < -0.3 is 9.84 Å². The first-order valence-electron chi connectivity index (χ1n) is 6.47. The van der Waals surface area contributed by atoms with Gasteiger partial charge in [-0.1, -0.05) is 30.3 Å². The van der Waals surface area contributed by atoms with Crippen molar-refractivity contribution in [3.63, 3.8) is 0 Å². The van der Waals surface area contributed by atoms with Gasteiger partial charge >= 0.3 is 0 Å². The molecule has 4 nitrogen and oxygen atoms in total. The molecule has 0 bridgehead atoms. The summed E-state index contributed by atoms with van der Waals surface area (Å²) in [6.45, 7) is 0.742. The summed E-state index contributed by atoms with van der Waals surface area (Å²) in [4.78, 5) is 8.49. The van der Waals surface area contributed by atoms with Crippen LogP contribution in [0, 0.1) is 0 Å².